The maximum atomic E-state index is 12.8. The van der Waals surface area contributed by atoms with Gasteiger partial charge in [0.25, 0.3) is 0 Å². The van der Waals surface area contributed by atoms with Crippen LogP contribution in [0.15, 0.2) is 78.9 Å². The average molecular weight is 471 g/mol. The van der Waals surface area contributed by atoms with Crippen molar-refractivity contribution in [3.8, 4) is 0 Å². The third-order valence-electron chi connectivity index (χ3n) is 4.87. The third kappa shape index (κ3) is 7.12. The molecule has 7 heteroatoms. The molecule has 3 N–H and O–H groups in total. The van der Waals surface area contributed by atoms with E-state index in [1.165, 1.54) is 0 Å². The second-order valence-electron chi connectivity index (χ2n) is 7.57. The number of hydrogen-bond donors (Lipinski definition) is 3. The standard InChI is InChI=1S/C25H26N2O3S.ClH/c1-25(31,15-18-6-3-2-4-7-18)24(29)27-22-9-5-8-21(14-22)23(28)30-17-20-12-10-19(16-26)11-13-20;/h2-14,31H,15-17,26H2,1H3,(H,27,29);1H. The van der Waals surface area contributed by atoms with Crippen molar-refractivity contribution in [2.75, 3.05) is 5.32 Å². The van der Waals surface area contributed by atoms with Gasteiger partial charge in [-0.1, -0.05) is 60.7 Å². The number of carbonyl (C=O) groups is 2. The van der Waals surface area contributed by atoms with Crippen LogP contribution >= 0.6 is 25.0 Å². The van der Waals surface area contributed by atoms with E-state index in [-0.39, 0.29) is 24.9 Å². The number of ether oxygens (including phenoxy) is 1. The Bertz CT molecular complexity index is 1040. The molecule has 0 radical (unpaired) electrons. The predicted octanol–water partition coefficient (Wildman–Crippen LogP) is 4.79. The number of anilines is 1. The van der Waals surface area contributed by atoms with Crippen LogP contribution < -0.4 is 11.1 Å². The number of benzene rings is 3. The molecule has 0 aliphatic heterocycles. The molecule has 1 unspecified atom stereocenters. The molecule has 1 amide bonds. The summed E-state index contributed by atoms with van der Waals surface area (Å²) in [6.45, 7) is 2.40. The largest absolute Gasteiger partial charge is 0.457 e. The second kappa shape index (κ2) is 11.7. The van der Waals surface area contributed by atoms with Gasteiger partial charge in [-0.05, 0) is 48.2 Å². The number of halogens is 1. The number of carbonyl (C=O) groups excluding carboxylic acids is 2. The van der Waals surface area contributed by atoms with E-state index in [9.17, 15) is 9.59 Å². The lowest BCUT2D eigenvalue weighted by Crippen LogP contribution is -2.37. The monoisotopic (exact) mass is 470 g/mol. The van der Waals surface area contributed by atoms with Crippen LogP contribution in [0.2, 0.25) is 0 Å². The van der Waals surface area contributed by atoms with Crippen LogP contribution in [0.5, 0.6) is 0 Å². The molecule has 3 aromatic carbocycles. The molecule has 0 aliphatic carbocycles. The molecular formula is C25H27ClN2O3S. The minimum Gasteiger partial charge on any atom is -0.457 e. The quantitative estimate of drug-likeness (QED) is 0.326. The van der Waals surface area contributed by atoms with Gasteiger partial charge in [-0.3, -0.25) is 4.79 Å². The smallest absolute Gasteiger partial charge is 0.338 e. The van der Waals surface area contributed by atoms with E-state index in [1.54, 1.807) is 31.2 Å². The fourth-order valence-electron chi connectivity index (χ4n) is 3.07. The fraction of sp³-hybridized carbons (Fsp3) is 0.200. The summed E-state index contributed by atoms with van der Waals surface area (Å²) in [7, 11) is 0. The number of nitrogens with two attached hydrogens (primary N) is 1. The minimum atomic E-state index is -0.909. The Morgan fingerprint density at radius 1 is 0.938 bits per heavy atom. The van der Waals surface area contributed by atoms with Gasteiger partial charge in [0.2, 0.25) is 5.91 Å². The SMILES string of the molecule is CC(S)(Cc1ccccc1)C(=O)Nc1cccc(C(=O)OCc2ccc(CN)cc2)c1.Cl. The molecule has 3 aromatic rings. The van der Waals surface area contributed by atoms with E-state index in [0.29, 0.717) is 24.2 Å². The molecule has 0 aliphatic rings. The molecule has 1 atom stereocenters. The summed E-state index contributed by atoms with van der Waals surface area (Å²) in [6.07, 6.45) is 0.480. The van der Waals surface area contributed by atoms with Gasteiger partial charge in [0.15, 0.2) is 0 Å². The van der Waals surface area contributed by atoms with Gasteiger partial charge in [0, 0.05) is 12.2 Å². The number of nitrogens with one attached hydrogen (secondary N) is 1. The van der Waals surface area contributed by atoms with Crippen LogP contribution in [-0.2, 0) is 29.1 Å². The van der Waals surface area contributed by atoms with E-state index < -0.39 is 10.7 Å². The molecule has 0 bridgehead atoms. The molecule has 0 saturated heterocycles. The lowest BCUT2D eigenvalue weighted by molar-refractivity contribution is -0.118. The predicted molar refractivity (Wildman–Crippen MR) is 133 cm³/mol. The molecule has 0 saturated carbocycles. The number of esters is 1. The zero-order valence-electron chi connectivity index (χ0n) is 17.8. The normalized spacial score (nSPS) is 12.2. The van der Waals surface area contributed by atoms with E-state index >= 15 is 0 Å². The zero-order valence-corrected chi connectivity index (χ0v) is 19.5. The Labute approximate surface area is 200 Å². The van der Waals surface area contributed by atoms with E-state index in [1.807, 2.05) is 54.6 Å². The van der Waals surface area contributed by atoms with Crippen LogP contribution in [-0.4, -0.2) is 16.6 Å². The first kappa shape index (κ1) is 25.5. The Morgan fingerprint density at radius 3 is 2.25 bits per heavy atom. The van der Waals surface area contributed by atoms with Crippen molar-refractivity contribution in [1.82, 2.24) is 0 Å². The topological polar surface area (TPSA) is 81.4 Å². The van der Waals surface area contributed by atoms with Gasteiger partial charge < -0.3 is 15.8 Å². The number of thiol groups is 1. The molecular weight excluding hydrogens is 444 g/mol. The van der Waals surface area contributed by atoms with Gasteiger partial charge in [0.05, 0.1) is 10.3 Å². The highest BCUT2D eigenvalue weighted by Crippen LogP contribution is 2.23. The highest BCUT2D eigenvalue weighted by molar-refractivity contribution is 7.82. The first-order chi connectivity index (χ1) is 14.9. The summed E-state index contributed by atoms with van der Waals surface area (Å²) in [6, 6.07) is 24.0. The molecule has 32 heavy (non-hydrogen) atoms. The Morgan fingerprint density at radius 2 is 1.59 bits per heavy atom. The summed E-state index contributed by atoms with van der Waals surface area (Å²) in [5.41, 5.74) is 9.38. The van der Waals surface area contributed by atoms with Crippen molar-refractivity contribution >= 4 is 42.6 Å². The zero-order chi connectivity index (χ0) is 22.3. The molecule has 0 spiro atoms. The average Bonchev–Trinajstić information content (AvgIpc) is 2.78. The lowest BCUT2D eigenvalue weighted by Gasteiger charge is -2.23. The maximum Gasteiger partial charge on any atom is 0.338 e. The van der Waals surface area contributed by atoms with E-state index in [2.05, 4.69) is 17.9 Å². The molecule has 0 heterocycles. The van der Waals surface area contributed by atoms with Crippen LogP contribution in [0, 0.1) is 0 Å². The van der Waals surface area contributed by atoms with Crippen LogP contribution in [0.3, 0.4) is 0 Å². The van der Waals surface area contributed by atoms with Crippen molar-refractivity contribution in [3.05, 3.63) is 101 Å². The van der Waals surface area contributed by atoms with Crippen molar-refractivity contribution in [1.29, 1.82) is 0 Å². The van der Waals surface area contributed by atoms with Crippen molar-refractivity contribution in [3.63, 3.8) is 0 Å². The molecule has 5 nitrogen and oxygen atoms in total. The Balaban J connectivity index is 0.00000363. The van der Waals surface area contributed by atoms with Crippen LogP contribution in [0.25, 0.3) is 0 Å². The van der Waals surface area contributed by atoms with E-state index in [4.69, 9.17) is 10.5 Å². The summed E-state index contributed by atoms with van der Waals surface area (Å²) >= 11 is 4.57. The number of hydrogen-bond acceptors (Lipinski definition) is 5. The molecule has 0 fully saturated rings. The summed E-state index contributed by atoms with van der Waals surface area (Å²) in [5, 5.41) is 2.85. The van der Waals surface area contributed by atoms with Crippen molar-refractivity contribution in [2.24, 2.45) is 5.73 Å². The van der Waals surface area contributed by atoms with Crippen molar-refractivity contribution < 1.29 is 14.3 Å². The Kier molecular flexibility index (Phi) is 9.32. The van der Waals surface area contributed by atoms with Gasteiger partial charge in [0.1, 0.15) is 6.61 Å². The maximum absolute atomic E-state index is 12.8. The molecule has 168 valence electrons. The van der Waals surface area contributed by atoms with Gasteiger partial charge in [-0.25, -0.2) is 4.79 Å². The molecule has 3 rings (SSSR count). The minimum absolute atomic E-state index is 0. The van der Waals surface area contributed by atoms with Gasteiger partial charge in [-0.2, -0.15) is 12.6 Å². The highest BCUT2D eigenvalue weighted by atomic mass is 35.5. The third-order valence-corrected chi connectivity index (χ3v) is 5.23. The summed E-state index contributed by atoms with van der Waals surface area (Å²) in [5.74, 6) is -0.706. The Hall–Kier alpha value is -2.80. The van der Waals surface area contributed by atoms with E-state index in [0.717, 1.165) is 16.7 Å². The van der Waals surface area contributed by atoms with Crippen molar-refractivity contribution in [2.45, 2.75) is 31.2 Å². The fourth-order valence-corrected chi connectivity index (χ4v) is 3.31. The second-order valence-corrected chi connectivity index (χ2v) is 8.55. The van der Waals surface area contributed by atoms with Crippen LogP contribution in [0.1, 0.15) is 34.0 Å². The summed E-state index contributed by atoms with van der Waals surface area (Å²) in [4.78, 5) is 25.2. The number of rotatable bonds is 8. The first-order valence-corrected chi connectivity index (χ1v) is 10.4. The number of amides is 1. The first-order valence-electron chi connectivity index (χ1n) is 10.0. The summed E-state index contributed by atoms with van der Waals surface area (Å²) < 4.78 is 4.49. The van der Waals surface area contributed by atoms with Crippen LogP contribution in [0.4, 0.5) is 5.69 Å². The lowest BCUT2D eigenvalue weighted by atomic mass is 9.99. The van der Waals surface area contributed by atoms with Gasteiger partial charge in [-0.15, -0.1) is 12.4 Å². The van der Waals surface area contributed by atoms with Gasteiger partial charge >= 0.3 is 5.97 Å². The molecule has 0 aromatic heterocycles. The highest BCUT2D eigenvalue weighted by Gasteiger charge is 2.29.